The lowest BCUT2D eigenvalue weighted by Crippen LogP contribution is -2.20. The molecule has 3 aromatic rings. The van der Waals surface area contributed by atoms with Gasteiger partial charge in [-0.15, -0.1) is 11.8 Å². The van der Waals surface area contributed by atoms with Crippen LogP contribution in [-0.4, -0.2) is 21.5 Å². The summed E-state index contributed by atoms with van der Waals surface area (Å²) in [5, 5.41) is 9.09. The average Bonchev–Trinajstić information content (AvgIpc) is 2.61. The molecule has 0 unspecified atom stereocenters. The Morgan fingerprint density at radius 3 is 2.67 bits per heavy atom. The fourth-order valence-electron chi connectivity index (χ4n) is 2.51. The van der Waals surface area contributed by atoms with Crippen molar-refractivity contribution in [3.05, 3.63) is 64.0 Å². The number of benzene rings is 2. The highest BCUT2D eigenvalue weighted by atomic mass is 32.2. The summed E-state index contributed by atoms with van der Waals surface area (Å²) < 4.78 is 52.9. The molecule has 0 saturated heterocycles. The molecule has 9 heteroatoms. The van der Waals surface area contributed by atoms with E-state index in [2.05, 4.69) is 4.98 Å². The lowest BCUT2D eigenvalue weighted by Gasteiger charge is -2.13. The molecule has 4 nitrogen and oxygen atoms in total. The second kappa shape index (κ2) is 7.04. The van der Waals surface area contributed by atoms with Crippen molar-refractivity contribution in [2.45, 2.75) is 18.0 Å². The first-order chi connectivity index (χ1) is 12.7. The van der Waals surface area contributed by atoms with E-state index in [-0.39, 0.29) is 21.5 Å². The zero-order valence-corrected chi connectivity index (χ0v) is 14.7. The first-order valence-corrected chi connectivity index (χ1v) is 8.60. The predicted molar refractivity (Wildman–Crippen MR) is 93.5 cm³/mol. The van der Waals surface area contributed by atoms with E-state index in [0.29, 0.717) is 22.8 Å². The van der Waals surface area contributed by atoms with Crippen molar-refractivity contribution in [3.8, 4) is 11.8 Å². The van der Waals surface area contributed by atoms with Gasteiger partial charge in [0.25, 0.3) is 5.56 Å². The molecule has 0 atom stereocenters. The van der Waals surface area contributed by atoms with Gasteiger partial charge in [0.2, 0.25) is 0 Å². The van der Waals surface area contributed by atoms with Crippen LogP contribution in [0.15, 0.2) is 46.3 Å². The Balaban J connectivity index is 2.14. The Morgan fingerprint density at radius 2 is 2.00 bits per heavy atom. The zero-order chi connectivity index (χ0) is 19.8. The maximum Gasteiger partial charge on any atom is 0.398 e. The van der Waals surface area contributed by atoms with Gasteiger partial charge in [0, 0.05) is 4.90 Å². The third-order valence-corrected chi connectivity index (χ3v) is 5.00. The molecule has 0 N–H and O–H groups in total. The maximum atomic E-state index is 14.4. The van der Waals surface area contributed by atoms with Crippen LogP contribution >= 0.6 is 11.8 Å². The Labute approximate surface area is 155 Å². The number of rotatable bonds is 3. The number of aromatic nitrogens is 2. The van der Waals surface area contributed by atoms with Crippen LogP contribution in [0.5, 0.6) is 0 Å². The van der Waals surface area contributed by atoms with Crippen LogP contribution in [0.4, 0.5) is 17.6 Å². The SMILES string of the molecule is Cc1cc(F)c(-n2cnc3ccc(C#N)cc3c2=O)cc1SCC(F)(F)F. The number of fused-ring (bicyclic) bond motifs is 1. The quantitative estimate of drug-likeness (QED) is 0.490. The zero-order valence-electron chi connectivity index (χ0n) is 13.8. The third-order valence-electron chi connectivity index (χ3n) is 3.78. The fourth-order valence-corrected chi connectivity index (χ4v) is 3.31. The fraction of sp³-hybridized carbons (Fsp3) is 0.167. The molecule has 0 radical (unpaired) electrons. The molecule has 0 aliphatic rings. The monoisotopic (exact) mass is 393 g/mol. The van der Waals surface area contributed by atoms with Crippen LogP contribution in [0, 0.1) is 24.1 Å². The van der Waals surface area contributed by atoms with Gasteiger partial charge in [-0.1, -0.05) is 0 Å². The Hall–Kier alpha value is -2.86. The van der Waals surface area contributed by atoms with Gasteiger partial charge < -0.3 is 0 Å². The third kappa shape index (κ3) is 3.95. The van der Waals surface area contributed by atoms with E-state index < -0.39 is 23.3 Å². The van der Waals surface area contributed by atoms with Crippen molar-refractivity contribution in [2.24, 2.45) is 0 Å². The van der Waals surface area contributed by atoms with Gasteiger partial charge in [-0.2, -0.15) is 18.4 Å². The van der Waals surface area contributed by atoms with Crippen molar-refractivity contribution >= 4 is 22.7 Å². The second-order valence-corrected chi connectivity index (χ2v) is 6.75. The molecule has 0 aliphatic carbocycles. The molecule has 2 aromatic carbocycles. The first-order valence-electron chi connectivity index (χ1n) is 7.61. The van der Waals surface area contributed by atoms with Crippen molar-refractivity contribution in [2.75, 3.05) is 5.75 Å². The molecule has 0 amide bonds. The van der Waals surface area contributed by atoms with E-state index in [4.69, 9.17) is 5.26 Å². The Morgan fingerprint density at radius 1 is 1.26 bits per heavy atom. The molecule has 27 heavy (non-hydrogen) atoms. The van der Waals surface area contributed by atoms with E-state index in [1.165, 1.54) is 31.2 Å². The molecule has 1 heterocycles. The number of nitrogens with zero attached hydrogens (tertiary/aromatic N) is 3. The van der Waals surface area contributed by atoms with Gasteiger partial charge in [0.05, 0.1) is 34.0 Å². The van der Waals surface area contributed by atoms with Gasteiger partial charge in [0.15, 0.2) is 0 Å². The Bertz CT molecular complexity index is 1130. The number of halogens is 4. The van der Waals surface area contributed by atoms with Gasteiger partial charge in [-0.3, -0.25) is 9.36 Å². The molecule has 0 spiro atoms. The number of thioether (sulfide) groups is 1. The number of hydrogen-bond donors (Lipinski definition) is 0. The van der Waals surface area contributed by atoms with Gasteiger partial charge in [-0.25, -0.2) is 9.37 Å². The highest BCUT2D eigenvalue weighted by Crippen LogP contribution is 2.31. The molecule has 1 aromatic heterocycles. The topological polar surface area (TPSA) is 58.7 Å². The van der Waals surface area contributed by atoms with E-state index >= 15 is 0 Å². The van der Waals surface area contributed by atoms with Gasteiger partial charge >= 0.3 is 6.18 Å². The van der Waals surface area contributed by atoms with Crippen LogP contribution in [-0.2, 0) is 0 Å². The first kappa shape index (κ1) is 18.9. The van der Waals surface area contributed by atoms with E-state index in [0.717, 1.165) is 17.0 Å². The van der Waals surface area contributed by atoms with Crippen molar-refractivity contribution in [1.29, 1.82) is 5.26 Å². The molecule has 0 bridgehead atoms. The van der Waals surface area contributed by atoms with Crippen LogP contribution in [0.25, 0.3) is 16.6 Å². The molecular formula is C18H11F4N3OS. The highest BCUT2D eigenvalue weighted by Gasteiger charge is 2.28. The highest BCUT2D eigenvalue weighted by molar-refractivity contribution is 7.99. The summed E-state index contributed by atoms with van der Waals surface area (Å²) in [4.78, 5) is 17.0. The van der Waals surface area contributed by atoms with Crippen LogP contribution in [0.3, 0.4) is 0 Å². The smallest absolute Gasteiger partial charge is 0.268 e. The standard InChI is InChI=1S/C18H11F4N3OS/c1-10-4-13(19)15(6-16(10)27-8-18(20,21)22)25-9-24-14-3-2-11(7-23)5-12(14)17(25)26/h2-6,9H,8H2,1H3. The minimum absolute atomic E-state index is 0.112. The van der Waals surface area contributed by atoms with Crippen LogP contribution < -0.4 is 5.56 Å². The molecule has 0 fully saturated rings. The molecular weight excluding hydrogens is 382 g/mol. The summed E-state index contributed by atoms with van der Waals surface area (Å²) in [5.41, 5.74) is 0.0807. The number of aryl methyl sites for hydroxylation is 1. The number of alkyl halides is 3. The molecule has 138 valence electrons. The summed E-state index contributed by atoms with van der Waals surface area (Å²) >= 11 is 0.517. The summed E-state index contributed by atoms with van der Waals surface area (Å²) in [6.45, 7) is 1.49. The Kier molecular flexibility index (Phi) is 4.93. The minimum Gasteiger partial charge on any atom is -0.268 e. The van der Waals surface area contributed by atoms with Crippen molar-refractivity contribution in [1.82, 2.24) is 9.55 Å². The van der Waals surface area contributed by atoms with E-state index in [1.54, 1.807) is 0 Å². The second-order valence-electron chi connectivity index (χ2n) is 5.74. The summed E-state index contributed by atoms with van der Waals surface area (Å²) in [5.74, 6) is -1.89. The molecule has 0 saturated carbocycles. The maximum absolute atomic E-state index is 14.4. The molecule has 0 aliphatic heterocycles. The lowest BCUT2D eigenvalue weighted by molar-refractivity contribution is -0.105. The average molecular weight is 393 g/mol. The van der Waals surface area contributed by atoms with E-state index in [9.17, 15) is 22.4 Å². The van der Waals surface area contributed by atoms with Crippen LogP contribution in [0.1, 0.15) is 11.1 Å². The van der Waals surface area contributed by atoms with Gasteiger partial charge in [0.1, 0.15) is 12.1 Å². The minimum atomic E-state index is -4.37. The van der Waals surface area contributed by atoms with Crippen molar-refractivity contribution < 1.29 is 17.6 Å². The summed E-state index contributed by atoms with van der Waals surface area (Å²) in [7, 11) is 0. The lowest BCUT2D eigenvalue weighted by atomic mass is 10.1. The van der Waals surface area contributed by atoms with E-state index in [1.807, 2.05) is 6.07 Å². The summed E-state index contributed by atoms with van der Waals surface area (Å²) in [6.07, 6.45) is -3.26. The normalized spacial score (nSPS) is 11.6. The summed E-state index contributed by atoms with van der Waals surface area (Å²) in [6, 6.07) is 8.52. The van der Waals surface area contributed by atoms with Crippen molar-refractivity contribution in [3.63, 3.8) is 0 Å². The number of hydrogen-bond acceptors (Lipinski definition) is 4. The number of nitriles is 1. The predicted octanol–water partition coefficient (Wildman–Crippen LogP) is 4.36. The largest absolute Gasteiger partial charge is 0.398 e. The molecule has 3 rings (SSSR count). The van der Waals surface area contributed by atoms with Crippen LogP contribution in [0.2, 0.25) is 0 Å². The van der Waals surface area contributed by atoms with Gasteiger partial charge in [-0.05, 0) is 42.8 Å².